The number of aromatic amines is 1. The third-order valence-corrected chi connectivity index (χ3v) is 4.78. The predicted octanol–water partition coefficient (Wildman–Crippen LogP) is 3.99. The van der Waals surface area contributed by atoms with Gasteiger partial charge in [0.1, 0.15) is 6.67 Å². The van der Waals surface area contributed by atoms with Gasteiger partial charge in [-0.1, -0.05) is 61.9 Å². The Morgan fingerprint density at radius 3 is 2.52 bits per heavy atom. The van der Waals surface area contributed by atoms with E-state index in [-0.39, 0.29) is 0 Å². The molecule has 0 spiro atoms. The number of nitrogens with one attached hydrogen (secondary N) is 1. The minimum Gasteiger partial charge on any atom is -0.243 e. The monoisotopic (exact) mass is 391 g/mol. The van der Waals surface area contributed by atoms with Crippen molar-refractivity contribution in [2.45, 2.75) is 39.4 Å². The zero-order chi connectivity index (χ0) is 20.1. The second-order valence-electron chi connectivity index (χ2n) is 6.82. The van der Waals surface area contributed by atoms with Crippen molar-refractivity contribution in [2.24, 2.45) is 0 Å². The molecule has 4 rings (SSSR count). The number of H-pyrrole nitrogens is 1. The summed E-state index contributed by atoms with van der Waals surface area (Å²) >= 11 is 0. The number of halogens is 1. The fraction of sp³-hybridized carbons (Fsp3) is 0.286. The normalized spacial score (nSPS) is 11.1. The van der Waals surface area contributed by atoms with Crippen molar-refractivity contribution in [3.63, 3.8) is 0 Å². The molecule has 0 fully saturated rings. The quantitative estimate of drug-likeness (QED) is 0.491. The molecule has 2 heterocycles. The minimum atomic E-state index is -0.616. The molecular weight excluding hydrogens is 369 g/mol. The number of aryl methyl sites for hydroxylation is 1. The molecule has 4 aromatic rings. The molecule has 0 aliphatic heterocycles. The zero-order valence-corrected chi connectivity index (χ0v) is 16.2. The maximum Gasteiger partial charge on any atom is 0.205 e. The van der Waals surface area contributed by atoms with Crippen LogP contribution >= 0.6 is 0 Å². The van der Waals surface area contributed by atoms with Gasteiger partial charge in [-0.25, -0.2) is 14.1 Å². The second-order valence-corrected chi connectivity index (χ2v) is 6.82. The zero-order valence-electron chi connectivity index (χ0n) is 16.2. The Kier molecular flexibility index (Phi) is 5.69. The van der Waals surface area contributed by atoms with Gasteiger partial charge in [-0.05, 0) is 28.3 Å². The number of aromatic nitrogens is 7. The van der Waals surface area contributed by atoms with Gasteiger partial charge in [-0.3, -0.25) is 0 Å². The van der Waals surface area contributed by atoms with E-state index in [9.17, 15) is 4.39 Å². The van der Waals surface area contributed by atoms with Crippen LogP contribution in [0.4, 0.5) is 4.39 Å². The minimum absolute atomic E-state index is 0.377. The molecule has 148 valence electrons. The molecule has 0 radical (unpaired) electrons. The van der Waals surface area contributed by atoms with Gasteiger partial charge in [0, 0.05) is 12.0 Å². The molecular formula is C21H22FN7. The molecule has 0 bridgehead atoms. The van der Waals surface area contributed by atoms with Gasteiger partial charge in [0.2, 0.25) is 5.82 Å². The van der Waals surface area contributed by atoms with Gasteiger partial charge in [0.05, 0.1) is 6.54 Å². The van der Waals surface area contributed by atoms with Crippen LogP contribution in [0.25, 0.3) is 22.5 Å². The second kappa shape index (κ2) is 8.72. The number of hydrogen-bond acceptors (Lipinski definition) is 5. The highest BCUT2D eigenvalue weighted by Gasteiger charge is 2.12. The van der Waals surface area contributed by atoms with Gasteiger partial charge in [-0.15, -0.1) is 10.2 Å². The first-order valence-electron chi connectivity index (χ1n) is 9.69. The van der Waals surface area contributed by atoms with Crippen molar-refractivity contribution in [3.8, 4) is 22.5 Å². The fourth-order valence-electron chi connectivity index (χ4n) is 3.26. The first-order valence-corrected chi connectivity index (χ1v) is 9.69. The largest absolute Gasteiger partial charge is 0.243 e. The van der Waals surface area contributed by atoms with Crippen LogP contribution in [-0.2, 0) is 19.6 Å². The molecule has 8 heteroatoms. The van der Waals surface area contributed by atoms with Crippen LogP contribution in [0.5, 0.6) is 0 Å². The van der Waals surface area contributed by atoms with E-state index < -0.39 is 6.67 Å². The van der Waals surface area contributed by atoms with E-state index in [1.165, 1.54) is 0 Å². The highest BCUT2D eigenvalue weighted by Crippen LogP contribution is 2.29. The van der Waals surface area contributed by atoms with Crippen molar-refractivity contribution in [1.82, 2.24) is 35.4 Å². The Hall–Kier alpha value is -3.42. The average Bonchev–Trinajstić information content (AvgIpc) is 3.43. The molecule has 29 heavy (non-hydrogen) atoms. The highest BCUT2D eigenvalue weighted by molar-refractivity contribution is 5.80. The fourth-order valence-corrected chi connectivity index (χ4v) is 3.26. The molecule has 2 aromatic carbocycles. The van der Waals surface area contributed by atoms with E-state index in [0.29, 0.717) is 24.0 Å². The van der Waals surface area contributed by atoms with E-state index in [1.807, 2.05) is 48.5 Å². The first-order chi connectivity index (χ1) is 14.3. The van der Waals surface area contributed by atoms with Crippen LogP contribution in [0.1, 0.15) is 37.0 Å². The predicted molar refractivity (Wildman–Crippen MR) is 108 cm³/mol. The number of tetrazole rings is 1. The summed E-state index contributed by atoms with van der Waals surface area (Å²) in [5, 5.41) is 18.8. The third kappa shape index (κ3) is 4.21. The number of unbranched alkanes of at least 4 members (excludes halogenated alkanes) is 1. The summed E-state index contributed by atoms with van der Waals surface area (Å²) in [4.78, 5) is 4.32. The first kappa shape index (κ1) is 18.9. The molecule has 0 unspecified atom stereocenters. The van der Waals surface area contributed by atoms with Crippen molar-refractivity contribution in [3.05, 3.63) is 65.7 Å². The van der Waals surface area contributed by atoms with E-state index in [0.717, 1.165) is 41.5 Å². The van der Waals surface area contributed by atoms with Crippen molar-refractivity contribution in [2.75, 3.05) is 0 Å². The third-order valence-electron chi connectivity index (χ3n) is 4.78. The smallest absolute Gasteiger partial charge is 0.205 e. The average molecular weight is 391 g/mol. The molecule has 0 amide bonds. The maximum absolute atomic E-state index is 13.3. The van der Waals surface area contributed by atoms with Crippen molar-refractivity contribution < 1.29 is 4.39 Å². The van der Waals surface area contributed by atoms with Crippen molar-refractivity contribution >= 4 is 0 Å². The lowest BCUT2D eigenvalue weighted by Gasteiger charge is -2.09. The molecule has 7 nitrogen and oxygen atoms in total. The van der Waals surface area contributed by atoms with Gasteiger partial charge in [0.25, 0.3) is 0 Å². The number of alkyl halides is 1. The van der Waals surface area contributed by atoms with Crippen LogP contribution in [0.2, 0.25) is 0 Å². The van der Waals surface area contributed by atoms with Gasteiger partial charge in [-0.2, -0.15) is 10.3 Å². The van der Waals surface area contributed by atoms with Crippen LogP contribution in [0, 0.1) is 0 Å². The van der Waals surface area contributed by atoms with Crippen LogP contribution in [0.15, 0.2) is 48.5 Å². The lowest BCUT2D eigenvalue weighted by Crippen LogP contribution is -2.06. The molecule has 0 saturated heterocycles. The summed E-state index contributed by atoms with van der Waals surface area (Å²) in [6.45, 7) is 1.99. The summed E-state index contributed by atoms with van der Waals surface area (Å²) in [5.41, 5.74) is 4.01. The highest BCUT2D eigenvalue weighted by atomic mass is 19.1. The number of hydrogen-bond donors (Lipinski definition) is 1. The van der Waals surface area contributed by atoms with E-state index in [4.69, 9.17) is 0 Å². The molecule has 0 aliphatic carbocycles. The summed E-state index contributed by atoms with van der Waals surface area (Å²) in [5.74, 6) is 1.65. The summed E-state index contributed by atoms with van der Waals surface area (Å²) < 4.78 is 15.0. The number of benzene rings is 2. The Bertz CT molecular complexity index is 1060. The van der Waals surface area contributed by atoms with Crippen LogP contribution in [-0.4, -0.2) is 35.4 Å². The lowest BCUT2D eigenvalue weighted by molar-refractivity contribution is 0.442. The number of nitrogens with zero attached hydrogens (tertiary/aromatic N) is 6. The standard InChI is InChI=1S/C21H22FN7/c1-2-3-8-19-23-20(13-22)29(26-19)14-15-9-11-16(12-10-15)17-6-4-5-7-18(17)21-24-27-28-25-21/h4-7,9-12H,2-3,8,13-14H2,1H3,(H,24,25,27,28). The SMILES string of the molecule is CCCCc1nc(CF)n(Cc2ccc(-c3ccccc3-c3nn[nH]n3)cc2)n1. The van der Waals surface area contributed by atoms with E-state index >= 15 is 0 Å². The topological polar surface area (TPSA) is 85.2 Å². The Morgan fingerprint density at radius 2 is 1.83 bits per heavy atom. The molecule has 0 saturated carbocycles. The van der Waals surface area contributed by atoms with Crippen LogP contribution in [0.3, 0.4) is 0 Å². The molecule has 0 atom stereocenters. The van der Waals surface area contributed by atoms with Gasteiger partial charge in [0.15, 0.2) is 11.6 Å². The number of rotatable bonds is 8. The lowest BCUT2D eigenvalue weighted by atomic mass is 9.98. The molecule has 1 N–H and O–H groups in total. The van der Waals surface area contributed by atoms with Crippen molar-refractivity contribution in [1.29, 1.82) is 0 Å². The van der Waals surface area contributed by atoms with Gasteiger partial charge >= 0.3 is 0 Å². The Labute approximate surface area is 168 Å². The van der Waals surface area contributed by atoms with E-state index in [2.05, 4.69) is 37.6 Å². The summed E-state index contributed by atoms with van der Waals surface area (Å²) in [6, 6.07) is 16.1. The summed E-state index contributed by atoms with van der Waals surface area (Å²) in [6.07, 6.45) is 2.85. The Balaban J connectivity index is 1.56. The summed E-state index contributed by atoms with van der Waals surface area (Å²) in [7, 11) is 0. The Morgan fingerprint density at radius 1 is 1.03 bits per heavy atom. The maximum atomic E-state index is 13.3. The van der Waals surface area contributed by atoms with E-state index in [1.54, 1.807) is 4.68 Å². The van der Waals surface area contributed by atoms with Gasteiger partial charge < -0.3 is 0 Å². The van der Waals surface area contributed by atoms with Crippen LogP contribution < -0.4 is 0 Å². The molecule has 0 aliphatic rings. The molecule has 2 aromatic heterocycles.